The highest BCUT2D eigenvalue weighted by Crippen LogP contribution is 2.20. The van der Waals surface area contributed by atoms with Crippen LogP contribution in [0.25, 0.3) is 0 Å². The molecule has 1 fully saturated rings. The van der Waals surface area contributed by atoms with E-state index in [1.165, 1.54) is 5.56 Å². The van der Waals surface area contributed by atoms with Gasteiger partial charge in [-0.05, 0) is 46.1 Å². The van der Waals surface area contributed by atoms with E-state index in [1.807, 2.05) is 45.9 Å². The number of hydrogen-bond acceptors (Lipinski definition) is 3. The van der Waals surface area contributed by atoms with Crippen LogP contribution in [0, 0.1) is 12.8 Å². The van der Waals surface area contributed by atoms with E-state index in [4.69, 9.17) is 4.74 Å². The lowest BCUT2D eigenvalue weighted by Crippen LogP contribution is -2.44. The van der Waals surface area contributed by atoms with Gasteiger partial charge in [0.05, 0.1) is 0 Å². The Morgan fingerprint density at radius 1 is 1.25 bits per heavy atom. The number of nitrogens with zero attached hydrogens (tertiary/aromatic N) is 1. The first-order valence-corrected chi connectivity index (χ1v) is 8.56. The summed E-state index contributed by atoms with van der Waals surface area (Å²) in [5.74, 6) is 0.0360. The van der Waals surface area contributed by atoms with E-state index in [9.17, 15) is 9.59 Å². The zero-order chi connectivity index (χ0) is 17.7. The minimum absolute atomic E-state index is 0.0338. The van der Waals surface area contributed by atoms with Crippen molar-refractivity contribution in [2.45, 2.75) is 52.7 Å². The van der Waals surface area contributed by atoms with Gasteiger partial charge in [0.25, 0.3) is 0 Å². The van der Waals surface area contributed by atoms with Crippen molar-refractivity contribution < 1.29 is 14.3 Å². The number of benzene rings is 1. The van der Waals surface area contributed by atoms with Crippen molar-refractivity contribution in [3.05, 3.63) is 35.4 Å². The molecule has 0 unspecified atom stereocenters. The van der Waals surface area contributed by atoms with Crippen LogP contribution in [0.15, 0.2) is 24.3 Å². The van der Waals surface area contributed by atoms with E-state index in [-0.39, 0.29) is 17.9 Å². The van der Waals surface area contributed by atoms with Gasteiger partial charge in [-0.1, -0.05) is 29.8 Å². The number of amides is 2. The van der Waals surface area contributed by atoms with Gasteiger partial charge in [0.15, 0.2) is 0 Å². The van der Waals surface area contributed by atoms with Crippen LogP contribution in [0.2, 0.25) is 0 Å². The third-order valence-corrected chi connectivity index (χ3v) is 4.07. The van der Waals surface area contributed by atoms with Crippen molar-refractivity contribution in [1.29, 1.82) is 0 Å². The van der Waals surface area contributed by atoms with Gasteiger partial charge in [-0.25, -0.2) is 4.79 Å². The molecule has 0 aromatic heterocycles. The normalized spacial score (nSPS) is 15.9. The van der Waals surface area contributed by atoms with Gasteiger partial charge in [-0.2, -0.15) is 0 Å². The Morgan fingerprint density at radius 3 is 2.50 bits per heavy atom. The van der Waals surface area contributed by atoms with E-state index in [2.05, 4.69) is 11.4 Å². The largest absolute Gasteiger partial charge is 0.444 e. The minimum Gasteiger partial charge on any atom is -0.444 e. The maximum Gasteiger partial charge on any atom is 0.410 e. The van der Waals surface area contributed by atoms with Gasteiger partial charge in [-0.15, -0.1) is 0 Å². The molecule has 1 heterocycles. The average molecular weight is 332 g/mol. The molecule has 0 atom stereocenters. The second-order valence-corrected chi connectivity index (χ2v) is 7.45. The standard InChI is InChI=1S/C19H28N2O3/c1-14-6-5-7-15(12-14)13-20-17(22)16-8-10-21(11-9-16)18(23)24-19(2,3)4/h5-7,12,16H,8-11,13H2,1-4H3,(H,20,22). The van der Waals surface area contributed by atoms with Crippen molar-refractivity contribution in [2.24, 2.45) is 5.92 Å². The second-order valence-electron chi connectivity index (χ2n) is 7.45. The van der Waals surface area contributed by atoms with Gasteiger partial charge in [0.2, 0.25) is 5.91 Å². The first-order chi connectivity index (χ1) is 11.2. The molecule has 0 bridgehead atoms. The second kappa shape index (κ2) is 7.69. The summed E-state index contributed by atoms with van der Waals surface area (Å²) in [5.41, 5.74) is 1.81. The van der Waals surface area contributed by atoms with Gasteiger partial charge in [0.1, 0.15) is 5.60 Å². The number of ether oxygens (including phenoxy) is 1. The number of likely N-dealkylation sites (tertiary alicyclic amines) is 1. The molecule has 1 aromatic rings. The molecule has 1 N–H and O–H groups in total. The van der Waals surface area contributed by atoms with Gasteiger partial charge < -0.3 is 15.0 Å². The molecule has 1 aliphatic rings. The summed E-state index contributed by atoms with van der Waals surface area (Å²) in [6.07, 6.45) is 1.07. The predicted octanol–water partition coefficient (Wildman–Crippen LogP) is 3.26. The Labute approximate surface area is 144 Å². The Balaban J connectivity index is 1.77. The summed E-state index contributed by atoms with van der Waals surface area (Å²) in [4.78, 5) is 26.0. The molecule has 24 heavy (non-hydrogen) atoms. The molecule has 5 heteroatoms. The number of carbonyl (C=O) groups is 2. The van der Waals surface area contributed by atoms with E-state index in [0.29, 0.717) is 32.5 Å². The molecular formula is C19H28N2O3. The highest BCUT2D eigenvalue weighted by Gasteiger charge is 2.29. The number of nitrogens with one attached hydrogen (secondary N) is 1. The van der Waals surface area contributed by atoms with E-state index in [1.54, 1.807) is 4.90 Å². The summed E-state index contributed by atoms with van der Waals surface area (Å²) in [7, 11) is 0. The van der Waals surface area contributed by atoms with Crippen LogP contribution in [-0.2, 0) is 16.1 Å². The summed E-state index contributed by atoms with van der Waals surface area (Å²) in [6, 6.07) is 8.12. The highest BCUT2D eigenvalue weighted by atomic mass is 16.6. The number of piperidine rings is 1. The quantitative estimate of drug-likeness (QED) is 0.924. The number of rotatable bonds is 3. The van der Waals surface area contributed by atoms with Crippen molar-refractivity contribution >= 4 is 12.0 Å². The van der Waals surface area contributed by atoms with Crippen LogP contribution >= 0.6 is 0 Å². The van der Waals surface area contributed by atoms with Crippen molar-refractivity contribution in [2.75, 3.05) is 13.1 Å². The molecular weight excluding hydrogens is 304 g/mol. The molecule has 2 amide bonds. The summed E-state index contributed by atoms with van der Waals surface area (Å²) in [5, 5.41) is 3.00. The number of hydrogen-bond donors (Lipinski definition) is 1. The topological polar surface area (TPSA) is 58.6 Å². The molecule has 1 saturated heterocycles. The lowest BCUT2D eigenvalue weighted by Gasteiger charge is -2.32. The van der Waals surface area contributed by atoms with Crippen LogP contribution in [0.4, 0.5) is 4.79 Å². The Morgan fingerprint density at radius 2 is 1.92 bits per heavy atom. The lowest BCUT2D eigenvalue weighted by atomic mass is 9.96. The van der Waals surface area contributed by atoms with Crippen molar-refractivity contribution in [3.63, 3.8) is 0 Å². The monoisotopic (exact) mass is 332 g/mol. The summed E-state index contributed by atoms with van der Waals surface area (Å²) >= 11 is 0. The summed E-state index contributed by atoms with van der Waals surface area (Å²) in [6.45, 7) is 9.29. The smallest absolute Gasteiger partial charge is 0.410 e. The molecule has 132 valence electrons. The Bertz CT molecular complexity index is 585. The van der Waals surface area contributed by atoms with Crippen molar-refractivity contribution in [3.8, 4) is 0 Å². The Kier molecular flexibility index (Phi) is 5.86. The molecule has 2 rings (SSSR count). The van der Waals surface area contributed by atoms with Crippen LogP contribution < -0.4 is 5.32 Å². The fourth-order valence-corrected chi connectivity index (χ4v) is 2.81. The van der Waals surface area contributed by atoms with E-state index >= 15 is 0 Å². The zero-order valence-electron chi connectivity index (χ0n) is 15.1. The van der Waals surface area contributed by atoms with Crippen LogP contribution in [0.1, 0.15) is 44.7 Å². The zero-order valence-corrected chi connectivity index (χ0v) is 15.1. The van der Waals surface area contributed by atoms with Gasteiger partial charge in [0, 0.05) is 25.6 Å². The molecule has 1 aliphatic heterocycles. The maximum atomic E-state index is 12.3. The van der Waals surface area contributed by atoms with Crippen molar-refractivity contribution in [1.82, 2.24) is 10.2 Å². The van der Waals surface area contributed by atoms with E-state index < -0.39 is 5.60 Å². The first kappa shape index (κ1) is 18.3. The number of carbonyl (C=O) groups excluding carboxylic acids is 2. The molecule has 0 spiro atoms. The van der Waals surface area contributed by atoms with Crippen LogP contribution in [0.3, 0.4) is 0 Å². The molecule has 0 radical (unpaired) electrons. The summed E-state index contributed by atoms with van der Waals surface area (Å²) < 4.78 is 5.38. The molecule has 0 aliphatic carbocycles. The molecule has 1 aromatic carbocycles. The van der Waals surface area contributed by atoms with Crippen LogP contribution in [0.5, 0.6) is 0 Å². The third kappa shape index (κ3) is 5.55. The number of aryl methyl sites for hydroxylation is 1. The average Bonchev–Trinajstić information content (AvgIpc) is 2.51. The van der Waals surface area contributed by atoms with Gasteiger partial charge in [-0.3, -0.25) is 4.79 Å². The molecule has 5 nitrogen and oxygen atoms in total. The van der Waals surface area contributed by atoms with Gasteiger partial charge >= 0.3 is 6.09 Å². The predicted molar refractivity (Wildman–Crippen MR) is 93.6 cm³/mol. The highest BCUT2D eigenvalue weighted by molar-refractivity contribution is 5.79. The SMILES string of the molecule is Cc1cccc(CNC(=O)C2CCN(C(=O)OC(C)(C)C)CC2)c1. The fraction of sp³-hybridized carbons (Fsp3) is 0.579. The Hall–Kier alpha value is -2.04. The van der Waals surface area contributed by atoms with E-state index in [0.717, 1.165) is 5.56 Å². The lowest BCUT2D eigenvalue weighted by molar-refractivity contribution is -0.126. The minimum atomic E-state index is -0.487. The third-order valence-electron chi connectivity index (χ3n) is 4.07. The fourth-order valence-electron chi connectivity index (χ4n) is 2.81. The first-order valence-electron chi connectivity index (χ1n) is 8.56. The van der Waals surface area contributed by atoms with Crippen LogP contribution in [-0.4, -0.2) is 35.6 Å². The maximum absolute atomic E-state index is 12.3. The molecule has 0 saturated carbocycles.